The number of hydrogen-bond acceptors (Lipinski definition) is 2. The summed E-state index contributed by atoms with van der Waals surface area (Å²) in [4.78, 5) is 12.0. The Hall–Kier alpha value is -2.14. The summed E-state index contributed by atoms with van der Waals surface area (Å²) in [6.45, 7) is 1.89. The van der Waals surface area contributed by atoms with Gasteiger partial charge in [-0.25, -0.2) is 4.39 Å². The zero-order chi connectivity index (χ0) is 16.8. The summed E-state index contributed by atoms with van der Waals surface area (Å²) < 4.78 is 19.1. The molecule has 3 nitrogen and oxygen atoms in total. The van der Waals surface area contributed by atoms with Crippen LogP contribution in [0.2, 0.25) is 0 Å². The quantitative estimate of drug-likeness (QED) is 0.779. The SMILES string of the molecule is COc1ccc([C@H](C)NC(=O)/C=C/c2cccc(F)c2)cc1Br. The average Bonchev–Trinajstić information content (AvgIpc) is 2.53. The third-order valence-corrected chi connectivity index (χ3v) is 3.93. The van der Waals surface area contributed by atoms with Crippen LogP contribution in [0.1, 0.15) is 24.1 Å². The predicted molar refractivity (Wildman–Crippen MR) is 92.7 cm³/mol. The van der Waals surface area contributed by atoms with Crippen LogP contribution in [0.25, 0.3) is 6.08 Å². The highest BCUT2D eigenvalue weighted by atomic mass is 79.9. The van der Waals surface area contributed by atoms with Crippen molar-refractivity contribution in [3.8, 4) is 5.75 Å². The number of benzene rings is 2. The van der Waals surface area contributed by atoms with E-state index in [2.05, 4.69) is 21.2 Å². The van der Waals surface area contributed by atoms with E-state index in [4.69, 9.17) is 4.74 Å². The van der Waals surface area contributed by atoms with Gasteiger partial charge in [0.25, 0.3) is 0 Å². The molecule has 0 bridgehead atoms. The summed E-state index contributed by atoms with van der Waals surface area (Å²) in [5.74, 6) is 0.163. The molecule has 0 heterocycles. The van der Waals surface area contributed by atoms with Gasteiger partial charge < -0.3 is 10.1 Å². The van der Waals surface area contributed by atoms with Gasteiger partial charge in [0.15, 0.2) is 0 Å². The highest BCUT2D eigenvalue weighted by Crippen LogP contribution is 2.27. The molecule has 0 saturated heterocycles. The van der Waals surface area contributed by atoms with E-state index in [0.717, 1.165) is 15.8 Å². The molecule has 0 saturated carbocycles. The first kappa shape index (κ1) is 17.2. The second-order valence-electron chi connectivity index (χ2n) is 5.01. The fourth-order valence-corrected chi connectivity index (χ4v) is 2.64. The molecule has 2 aromatic carbocycles. The summed E-state index contributed by atoms with van der Waals surface area (Å²) in [6.07, 6.45) is 2.97. The third-order valence-electron chi connectivity index (χ3n) is 3.31. The summed E-state index contributed by atoms with van der Waals surface area (Å²) in [5, 5.41) is 2.86. The smallest absolute Gasteiger partial charge is 0.244 e. The number of rotatable bonds is 5. The molecule has 1 atom stereocenters. The molecule has 0 aliphatic heterocycles. The van der Waals surface area contributed by atoms with Crippen LogP contribution in [-0.2, 0) is 4.79 Å². The van der Waals surface area contributed by atoms with Crippen molar-refractivity contribution in [2.24, 2.45) is 0 Å². The normalized spacial score (nSPS) is 12.2. The Balaban J connectivity index is 2.00. The molecule has 0 aliphatic rings. The largest absolute Gasteiger partial charge is 0.496 e. The topological polar surface area (TPSA) is 38.3 Å². The molecule has 0 fully saturated rings. The zero-order valence-corrected chi connectivity index (χ0v) is 14.4. The van der Waals surface area contributed by atoms with Gasteiger partial charge in [0.1, 0.15) is 11.6 Å². The molecule has 5 heteroatoms. The van der Waals surface area contributed by atoms with E-state index in [9.17, 15) is 9.18 Å². The second-order valence-corrected chi connectivity index (χ2v) is 5.87. The third kappa shape index (κ3) is 4.93. The second kappa shape index (κ2) is 7.92. The molecule has 0 spiro atoms. The van der Waals surface area contributed by atoms with E-state index < -0.39 is 0 Å². The van der Waals surface area contributed by atoms with Crippen molar-refractivity contribution in [3.63, 3.8) is 0 Å². The molecule has 0 aliphatic carbocycles. The monoisotopic (exact) mass is 377 g/mol. The summed E-state index contributed by atoms with van der Waals surface area (Å²) >= 11 is 3.42. The maximum Gasteiger partial charge on any atom is 0.244 e. The van der Waals surface area contributed by atoms with Crippen LogP contribution in [-0.4, -0.2) is 13.0 Å². The van der Waals surface area contributed by atoms with Crippen molar-refractivity contribution < 1.29 is 13.9 Å². The van der Waals surface area contributed by atoms with Gasteiger partial charge in [0.05, 0.1) is 17.6 Å². The first-order valence-electron chi connectivity index (χ1n) is 7.07. The van der Waals surface area contributed by atoms with Crippen molar-refractivity contribution in [2.45, 2.75) is 13.0 Å². The van der Waals surface area contributed by atoms with Crippen LogP contribution in [0, 0.1) is 5.82 Å². The number of ether oxygens (including phenoxy) is 1. The molecule has 2 aromatic rings. The van der Waals surface area contributed by atoms with Gasteiger partial charge in [-0.05, 0) is 64.3 Å². The van der Waals surface area contributed by atoms with E-state index in [0.29, 0.717) is 5.56 Å². The Morgan fingerprint density at radius 2 is 2.09 bits per heavy atom. The highest BCUT2D eigenvalue weighted by Gasteiger charge is 2.10. The van der Waals surface area contributed by atoms with E-state index in [1.807, 2.05) is 25.1 Å². The molecular weight excluding hydrogens is 361 g/mol. The lowest BCUT2D eigenvalue weighted by Crippen LogP contribution is -2.24. The average molecular weight is 378 g/mol. The van der Waals surface area contributed by atoms with Crippen LogP contribution in [0.3, 0.4) is 0 Å². The Kier molecular flexibility index (Phi) is 5.93. The maximum absolute atomic E-state index is 13.1. The van der Waals surface area contributed by atoms with Gasteiger partial charge in [-0.1, -0.05) is 18.2 Å². The molecule has 1 N–H and O–H groups in total. The number of carbonyl (C=O) groups is 1. The summed E-state index contributed by atoms with van der Waals surface area (Å²) in [7, 11) is 1.60. The number of methoxy groups -OCH3 is 1. The Morgan fingerprint density at radius 1 is 1.30 bits per heavy atom. The molecule has 0 aromatic heterocycles. The Bertz CT molecular complexity index is 731. The standard InChI is InChI=1S/C18H17BrFNO2/c1-12(14-7-8-17(23-2)16(19)11-14)21-18(22)9-6-13-4-3-5-15(20)10-13/h3-12H,1-2H3,(H,21,22)/b9-6+/t12-/m0/s1. The van der Waals surface area contributed by atoms with Crippen molar-refractivity contribution in [3.05, 3.63) is 70.0 Å². The minimum Gasteiger partial charge on any atom is -0.496 e. The molecule has 120 valence electrons. The minimum absolute atomic E-state index is 0.165. The van der Waals surface area contributed by atoms with Gasteiger partial charge in [-0.2, -0.15) is 0 Å². The van der Waals surface area contributed by atoms with Gasteiger partial charge >= 0.3 is 0 Å². The van der Waals surface area contributed by atoms with E-state index in [1.54, 1.807) is 25.3 Å². The molecule has 0 unspecified atom stereocenters. The molecule has 1 amide bonds. The van der Waals surface area contributed by atoms with Crippen LogP contribution in [0.4, 0.5) is 4.39 Å². The molecule has 23 heavy (non-hydrogen) atoms. The maximum atomic E-state index is 13.1. The Morgan fingerprint density at radius 3 is 2.74 bits per heavy atom. The number of hydrogen-bond donors (Lipinski definition) is 1. The van der Waals surface area contributed by atoms with Gasteiger partial charge in [0, 0.05) is 6.08 Å². The predicted octanol–water partition coefficient (Wildman–Crippen LogP) is 4.49. The fourth-order valence-electron chi connectivity index (χ4n) is 2.08. The fraction of sp³-hybridized carbons (Fsp3) is 0.167. The zero-order valence-electron chi connectivity index (χ0n) is 12.8. The Labute approximate surface area is 143 Å². The van der Waals surface area contributed by atoms with Crippen molar-refractivity contribution in [1.82, 2.24) is 5.32 Å². The lowest BCUT2D eigenvalue weighted by molar-refractivity contribution is -0.117. The first-order valence-corrected chi connectivity index (χ1v) is 7.86. The van der Waals surface area contributed by atoms with Crippen molar-refractivity contribution in [1.29, 1.82) is 0 Å². The van der Waals surface area contributed by atoms with Gasteiger partial charge in [-0.15, -0.1) is 0 Å². The molecule has 2 rings (SSSR count). The summed E-state index contributed by atoms with van der Waals surface area (Å²) in [5.41, 5.74) is 1.59. The first-order chi connectivity index (χ1) is 11.0. The lowest BCUT2D eigenvalue weighted by Gasteiger charge is -2.14. The number of carbonyl (C=O) groups excluding carboxylic acids is 1. The van der Waals surface area contributed by atoms with Crippen LogP contribution < -0.4 is 10.1 Å². The molecule has 0 radical (unpaired) electrons. The van der Waals surface area contributed by atoms with Crippen molar-refractivity contribution in [2.75, 3.05) is 7.11 Å². The molecular formula is C18H17BrFNO2. The van der Waals surface area contributed by atoms with Crippen LogP contribution in [0.15, 0.2) is 53.0 Å². The number of nitrogens with one attached hydrogen (secondary N) is 1. The highest BCUT2D eigenvalue weighted by molar-refractivity contribution is 9.10. The van der Waals surface area contributed by atoms with E-state index in [-0.39, 0.29) is 17.8 Å². The van der Waals surface area contributed by atoms with E-state index in [1.165, 1.54) is 18.2 Å². The summed E-state index contributed by atoms with van der Waals surface area (Å²) in [6, 6.07) is 11.5. The number of halogens is 2. The van der Waals surface area contributed by atoms with Gasteiger partial charge in [-0.3, -0.25) is 4.79 Å². The lowest BCUT2D eigenvalue weighted by atomic mass is 10.1. The van der Waals surface area contributed by atoms with Crippen LogP contribution in [0.5, 0.6) is 5.75 Å². The number of amides is 1. The van der Waals surface area contributed by atoms with Crippen LogP contribution >= 0.6 is 15.9 Å². The van der Waals surface area contributed by atoms with Gasteiger partial charge in [0.2, 0.25) is 5.91 Å². The van der Waals surface area contributed by atoms with E-state index >= 15 is 0 Å². The minimum atomic E-state index is -0.330. The van der Waals surface area contributed by atoms with Crippen molar-refractivity contribution >= 4 is 27.9 Å².